The third-order valence-corrected chi connectivity index (χ3v) is 2.11. The number of hydrogen-bond acceptors (Lipinski definition) is 4. The Kier molecular flexibility index (Phi) is 5.50. The number of alkyl carbamates (subject to hydrolysis) is 1. The summed E-state index contributed by atoms with van der Waals surface area (Å²) in [6.07, 6.45) is -0.770. The maximum Gasteiger partial charge on any atom is 0.407 e. The summed E-state index contributed by atoms with van der Waals surface area (Å²) in [7, 11) is 1.55. The van der Waals surface area contributed by atoms with Crippen molar-refractivity contribution in [3.63, 3.8) is 0 Å². The van der Waals surface area contributed by atoms with Crippen LogP contribution in [0.3, 0.4) is 0 Å². The Morgan fingerprint density at radius 3 is 2.83 bits per heavy atom. The molecule has 6 nitrogen and oxygen atoms in total. The summed E-state index contributed by atoms with van der Waals surface area (Å²) in [5.74, 6) is -0.287. The Morgan fingerprint density at radius 2 is 2.17 bits per heavy atom. The van der Waals surface area contributed by atoms with Crippen LogP contribution >= 0.6 is 0 Å². The Hall–Kier alpha value is -2.24. The van der Waals surface area contributed by atoms with Gasteiger partial charge in [-0.3, -0.25) is 4.79 Å². The number of hydrogen-bond donors (Lipinski definition) is 2. The van der Waals surface area contributed by atoms with Gasteiger partial charge in [0, 0.05) is 6.54 Å². The number of nitrogens with one attached hydrogen (secondary N) is 1. The van der Waals surface area contributed by atoms with Crippen LogP contribution in [0.2, 0.25) is 0 Å². The van der Waals surface area contributed by atoms with E-state index in [2.05, 4.69) is 5.32 Å². The first-order valence-corrected chi connectivity index (χ1v) is 5.37. The summed E-state index contributed by atoms with van der Waals surface area (Å²) in [6.45, 7) is 0.155. The Labute approximate surface area is 105 Å². The van der Waals surface area contributed by atoms with Crippen LogP contribution in [0.1, 0.15) is 12.0 Å². The number of carboxylic acids is 1. The Balaban J connectivity index is 2.31. The monoisotopic (exact) mass is 253 g/mol. The van der Waals surface area contributed by atoms with Gasteiger partial charge in [-0.1, -0.05) is 12.1 Å². The normalized spacial score (nSPS) is 9.61. The molecule has 2 N–H and O–H groups in total. The summed E-state index contributed by atoms with van der Waals surface area (Å²) in [5.41, 5.74) is 0.794. The fourth-order valence-corrected chi connectivity index (χ4v) is 1.23. The predicted octanol–water partition coefficient (Wildman–Crippen LogP) is 1.40. The number of rotatable bonds is 6. The first-order valence-electron chi connectivity index (χ1n) is 5.37. The van der Waals surface area contributed by atoms with Gasteiger partial charge >= 0.3 is 12.1 Å². The number of carboxylic acid groups (broad SMARTS) is 1. The lowest BCUT2D eigenvalue weighted by atomic mass is 10.2. The second kappa shape index (κ2) is 7.16. The van der Waals surface area contributed by atoms with Gasteiger partial charge in [0.15, 0.2) is 0 Å². The highest BCUT2D eigenvalue weighted by Crippen LogP contribution is 2.13. The van der Waals surface area contributed by atoms with E-state index in [0.717, 1.165) is 5.56 Å². The van der Waals surface area contributed by atoms with E-state index in [1.54, 1.807) is 31.4 Å². The van der Waals surface area contributed by atoms with Crippen LogP contribution in [-0.4, -0.2) is 30.8 Å². The number of benzene rings is 1. The first kappa shape index (κ1) is 13.8. The van der Waals surface area contributed by atoms with E-state index < -0.39 is 12.1 Å². The molecule has 0 heterocycles. The first-order chi connectivity index (χ1) is 8.61. The molecule has 1 amide bonds. The summed E-state index contributed by atoms with van der Waals surface area (Å²) < 4.78 is 9.94. The molecular weight excluding hydrogens is 238 g/mol. The molecule has 0 atom stereocenters. The molecular formula is C12H15NO5. The van der Waals surface area contributed by atoms with E-state index in [1.165, 1.54) is 0 Å². The zero-order valence-electron chi connectivity index (χ0n) is 10.0. The molecule has 0 fully saturated rings. The second-order valence-electron chi connectivity index (χ2n) is 3.50. The molecule has 0 aliphatic carbocycles. The molecule has 18 heavy (non-hydrogen) atoms. The van der Waals surface area contributed by atoms with Gasteiger partial charge in [-0.25, -0.2) is 4.79 Å². The zero-order valence-corrected chi connectivity index (χ0v) is 10.0. The van der Waals surface area contributed by atoms with Crippen LogP contribution in [0.15, 0.2) is 24.3 Å². The fourth-order valence-electron chi connectivity index (χ4n) is 1.23. The lowest BCUT2D eigenvalue weighted by molar-refractivity contribution is -0.136. The summed E-state index contributed by atoms with van der Waals surface area (Å²) in [6, 6.07) is 7.13. The summed E-state index contributed by atoms with van der Waals surface area (Å²) >= 11 is 0. The molecule has 1 aromatic rings. The molecule has 0 aliphatic heterocycles. The highest BCUT2D eigenvalue weighted by Gasteiger charge is 2.04. The number of ether oxygens (including phenoxy) is 2. The minimum absolute atomic E-state index is 0.0479. The maximum atomic E-state index is 11.2. The third kappa shape index (κ3) is 5.20. The number of methoxy groups -OCH3 is 1. The van der Waals surface area contributed by atoms with Crippen LogP contribution in [0.4, 0.5) is 4.79 Å². The van der Waals surface area contributed by atoms with Crippen molar-refractivity contribution in [1.82, 2.24) is 5.32 Å². The van der Waals surface area contributed by atoms with E-state index >= 15 is 0 Å². The average molecular weight is 253 g/mol. The second-order valence-corrected chi connectivity index (χ2v) is 3.50. The van der Waals surface area contributed by atoms with E-state index in [1.807, 2.05) is 0 Å². The van der Waals surface area contributed by atoms with Crippen molar-refractivity contribution in [2.75, 3.05) is 13.7 Å². The van der Waals surface area contributed by atoms with Crippen molar-refractivity contribution < 1.29 is 24.2 Å². The maximum absolute atomic E-state index is 11.2. The van der Waals surface area contributed by atoms with Gasteiger partial charge in [-0.05, 0) is 17.7 Å². The smallest absolute Gasteiger partial charge is 0.407 e. The molecule has 0 aliphatic rings. The fraction of sp³-hybridized carbons (Fsp3) is 0.333. The predicted molar refractivity (Wildman–Crippen MR) is 63.4 cm³/mol. The molecule has 1 aromatic carbocycles. The van der Waals surface area contributed by atoms with Crippen molar-refractivity contribution in [2.45, 2.75) is 13.0 Å². The van der Waals surface area contributed by atoms with Gasteiger partial charge in [0.2, 0.25) is 0 Å². The molecule has 0 saturated heterocycles. The average Bonchev–Trinajstić information content (AvgIpc) is 2.36. The van der Waals surface area contributed by atoms with Crippen molar-refractivity contribution in [3.05, 3.63) is 29.8 Å². The molecule has 98 valence electrons. The zero-order chi connectivity index (χ0) is 13.4. The third-order valence-electron chi connectivity index (χ3n) is 2.11. The lowest BCUT2D eigenvalue weighted by Gasteiger charge is -2.07. The quantitative estimate of drug-likeness (QED) is 0.800. The van der Waals surface area contributed by atoms with E-state index in [4.69, 9.17) is 14.6 Å². The Morgan fingerprint density at radius 1 is 1.39 bits per heavy atom. The molecule has 0 bridgehead atoms. The largest absolute Gasteiger partial charge is 0.497 e. The van der Waals surface area contributed by atoms with Gasteiger partial charge < -0.3 is 19.9 Å². The van der Waals surface area contributed by atoms with Crippen LogP contribution in [0.25, 0.3) is 0 Å². The summed E-state index contributed by atoms with van der Waals surface area (Å²) in [5, 5.41) is 10.7. The number of carbonyl (C=O) groups is 2. The standard InChI is InChI=1S/C12H15NO5/c1-17-10-4-2-3-9(7-10)8-18-12(16)13-6-5-11(14)15/h2-4,7H,5-6,8H2,1H3,(H,13,16)(H,14,15). The van der Waals surface area contributed by atoms with Crippen LogP contribution in [0.5, 0.6) is 5.75 Å². The SMILES string of the molecule is COc1cccc(COC(=O)NCCC(=O)O)c1. The van der Waals surface area contributed by atoms with E-state index in [-0.39, 0.29) is 19.6 Å². The minimum atomic E-state index is -0.969. The molecule has 6 heteroatoms. The van der Waals surface area contributed by atoms with Crippen molar-refractivity contribution in [2.24, 2.45) is 0 Å². The van der Waals surface area contributed by atoms with Gasteiger partial charge in [0.05, 0.1) is 13.5 Å². The van der Waals surface area contributed by atoms with Gasteiger partial charge in [0.1, 0.15) is 12.4 Å². The van der Waals surface area contributed by atoms with Crippen LogP contribution in [-0.2, 0) is 16.1 Å². The molecule has 1 rings (SSSR count). The number of carbonyl (C=O) groups excluding carboxylic acids is 1. The lowest BCUT2D eigenvalue weighted by Crippen LogP contribution is -2.26. The van der Waals surface area contributed by atoms with E-state index in [9.17, 15) is 9.59 Å². The van der Waals surface area contributed by atoms with Crippen molar-refractivity contribution in [3.8, 4) is 5.75 Å². The molecule has 0 radical (unpaired) electrons. The topological polar surface area (TPSA) is 84.9 Å². The minimum Gasteiger partial charge on any atom is -0.497 e. The number of amides is 1. The van der Waals surface area contributed by atoms with Crippen LogP contribution in [0, 0.1) is 0 Å². The molecule has 0 saturated carbocycles. The summed E-state index contributed by atoms with van der Waals surface area (Å²) in [4.78, 5) is 21.4. The van der Waals surface area contributed by atoms with E-state index in [0.29, 0.717) is 5.75 Å². The van der Waals surface area contributed by atoms with Gasteiger partial charge in [-0.15, -0.1) is 0 Å². The van der Waals surface area contributed by atoms with Gasteiger partial charge in [-0.2, -0.15) is 0 Å². The van der Waals surface area contributed by atoms with Gasteiger partial charge in [0.25, 0.3) is 0 Å². The highest BCUT2D eigenvalue weighted by atomic mass is 16.5. The number of aliphatic carboxylic acids is 1. The van der Waals surface area contributed by atoms with Crippen molar-refractivity contribution >= 4 is 12.1 Å². The van der Waals surface area contributed by atoms with Crippen molar-refractivity contribution in [1.29, 1.82) is 0 Å². The molecule has 0 aromatic heterocycles. The Bertz CT molecular complexity index is 419. The molecule has 0 spiro atoms. The highest BCUT2D eigenvalue weighted by molar-refractivity contribution is 5.70. The van der Waals surface area contributed by atoms with Crippen LogP contribution < -0.4 is 10.1 Å². The molecule has 0 unspecified atom stereocenters.